The third kappa shape index (κ3) is 2.39. The van der Waals surface area contributed by atoms with Crippen LogP contribution in [0.25, 0.3) is 22.3 Å². The molecule has 0 aliphatic rings. The van der Waals surface area contributed by atoms with Gasteiger partial charge in [-0.2, -0.15) is 0 Å². The number of aromatic hydroxyl groups is 2. The van der Waals surface area contributed by atoms with E-state index in [1.54, 1.807) is 0 Å². The molecule has 8 heteroatoms. The molecule has 1 heterocycles. The molecule has 8 nitrogen and oxygen atoms in total. The van der Waals surface area contributed by atoms with E-state index in [0.717, 1.165) is 6.07 Å². The van der Waals surface area contributed by atoms with Gasteiger partial charge in [-0.3, -0.25) is 14.9 Å². The molecule has 0 saturated heterocycles. The third-order valence-electron chi connectivity index (χ3n) is 3.46. The first-order valence-electron chi connectivity index (χ1n) is 6.74. The summed E-state index contributed by atoms with van der Waals surface area (Å²) in [6, 6.07) is 7.55. The lowest BCUT2D eigenvalue weighted by molar-refractivity contribution is -0.384. The van der Waals surface area contributed by atoms with E-state index in [9.17, 15) is 25.1 Å². The second kappa shape index (κ2) is 5.58. The van der Waals surface area contributed by atoms with Gasteiger partial charge in [-0.15, -0.1) is 0 Å². The summed E-state index contributed by atoms with van der Waals surface area (Å²) in [5, 5.41) is 30.0. The van der Waals surface area contributed by atoms with Gasteiger partial charge in [0.1, 0.15) is 22.5 Å². The number of fused-ring (bicyclic) bond motifs is 1. The molecule has 0 amide bonds. The Labute approximate surface area is 134 Å². The minimum Gasteiger partial charge on any atom is -0.508 e. The minimum absolute atomic E-state index is 0.0355. The van der Waals surface area contributed by atoms with Crippen LogP contribution in [-0.2, 0) is 0 Å². The fraction of sp³-hybridized carbons (Fsp3) is 0.0625. The van der Waals surface area contributed by atoms with Crippen molar-refractivity contribution in [1.82, 2.24) is 0 Å². The van der Waals surface area contributed by atoms with Crippen molar-refractivity contribution in [1.29, 1.82) is 0 Å². The van der Waals surface area contributed by atoms with Gasteiger partial charge in [-0.05, 0) is 12.1 Å². The first-order chi connectivity index (χ1) is 11.4. The summed E-state index contributed by atoms with van der Waals surface area (Å²) in [6.07, 6.45) is 0. The van der Waals surface area contributed by atoms with Crippen LogP contribution in [0.15, 0.2) is 45.6 Å². The molecule has 1 aromatic heterocycles. The molecular weight excluding hydrogens is 318 g/mol. The number of hydrogen-bond acceptors (Lipinski definition) is 7. The number of rotatable bonds is 3. The second-order valence-electron chi connectivity index (χ2n) is 4.94. The Morgan fingerprint density at radius 1 is 1.17 bits per heavy atom. The molecule has 3 rings (SSSR count). The Morgan fingerprint density at radius 3 is 2.42 bits per heavy atom. The van der Waals surface area contributed by atoms with Crippen molar-refractivity contribution in [3.05, 3.63) is 56.7 Å². The molecule has 0 atom stereocenters. The molecule has 2 N–H and O–H groups in total. The molecule has 0 aliphatic heterocycles. The van der Waals surface area contributed by atoms with Crippen molar-refractivity contribution in [3.63, 3.8) is 0 Å². The standard InChI is InChI=1S/C16H11NO7/c1-23-16-14(20)13-11(19)6-10(18)7-12(13)24-15(16)8-2-4-9(5-3-8)17(21)22/h2-7,18-19H,1H3. The van der Waals surface area contributed by atoms with Gasteiger partial charge >= 0.3 is 0 Å². The van der Waals surface area contributed by atoms with Crippen molar-refractivity contribution in [3.8, 4) is 28.6 Å². The first-order valence-corrected chi connectivity index (χ1v) is 6.74. The number of nitro benzene ring substituents is 1. The van der Waals surface area contributed by atoms with E-state index in [1.807, 2.05) is 0 Å². The number of phenolic OH excluding ortho intramolecular Hbond substituents is 2. The first kappa shape index (κ1) is 15.3. The van der Waals surface area contributed by atoms with Gasteiger partial charge in [-0.25, -0.2) is 0 Å². The number of nitro groups is 1. The van der Waals surface area contributed by atoms with E-state index in [1.165, 1.54) is 37.4 Å². The number of hydrogen-bond donors (Lipinski definition) is 2. The molecule has 0 fully saturated rings. The Morgan fingerprint density at radius 2 is 1.83 bits per heavy atom. The van der Waals surface area contributed by atoms with E-state index >= 15 is 0 Å². The topological polar surface area (TPSA) is 123 Å². The van der Waals surface area contributed by atoms with E-state index in [-0.39, 0.29) is 33.9 Å². The number of ether oxygens (including phenoxy) is 1. The Kier molecular flexibility index (Phi) is 3.57. The molecule has 0 unspecified atom stereocenters. The summed E-state index contributed by atoms with van der Waals surface area (Å²) in [5.41, 5.74) is -0.397. The number of methoxy groups -OCH3 is 1. The van der Waals surface area contributed by atoms with Crippen molar-refractivity contribution < 1.29 is 24.3 Å². The summed E-state index contributed by atoms with van der Waals surface area (Å²) in [7, 11) is 1.27. The van der Waals surface area contributed by atoms with Crippen LogP contribution in [0.1, 0.15) is 0 Å². The average molecular weight is 329 g/mol. The summed E-state index contributed by atoms with van der Waals surface area (Å²) < 4.78 is 10.7. The van der Waals surface area contributed by atoms with E-state index < -0.39 is 16.1 Å². The average Bonchev–Trinajstić information content (AvgIpc) is 2.53. The van der Waals surface area contributed by atoms with Crippen LogP contribution < -0.4 is 10.2 Å². The molecule has 0 saturated carbocycles. The number of phenols is 2. The lowest BCUT2D eigenvalue weighted by Crippen LogP contribution is -2.07. The quantitative estimate of drug-likeness (QED) is 0.559. The van der Waals surface area contributed by atoms with Gasteiger partial charge in [0.2, 0.25) is 11.2 Å². The Bertz CT molecular complexity index is 1010. The zero-order valence-electron chi connectivity index (χ0n) is 12.3. The Balaban J connectivity index is 2.31. The molecule has 122 valence electrons. The zero-order valence-corrected chi connectivity index (χ0v) is 12.3. The van der Waals surface area contributed by atoms with E-state index in [0.29, 0.717) is 5.56 Å². The van der Waals surface area contributed by atoms with Crippen LogP contribution >= 0.6 is 0 Å². The molecule has 0 aliphatic carbocycles. The van der Waals surface area contributed by atoms with Crippen molar-refractivity contribution in [2.45, 2.75) is 0 Å². The van der Waals surface area contributed by atoms with Crippen LogP contribution in [0.5, 0.6) is 17.2 Å². The van der Waals surface area contributed by atoms with Gasteiger partial charge in [0.15, 0.2) is 5.76 Å². The fourth-order valence-corrected chi connectivity index (χ4v) is 2.38. The molecule has 0 bridgehead atoms. The third-order valence-corrected chi connectivity index (χ3v) is 3.46. The Hall–Kier alpha value is -3.55. The highest BCUT2D eigenvalue weighted by Crippen LogP contribution is 2.35. The van der Waals surface area contributed by atoms with Crippen LogP contribution in [-0.4, -0.2) is 22.2 Å². The van der Waals surface area contributed by atoms with Crippen LogP contribution in [0, 0.1) is 10.1 Å². The lowest BCUT2D eigenvalue weighted by Gasteiger charge is -2.10. The summed E-state index contributed by atoms with van der Waals surface area (Å²) in [4.78, 5) is 22.7. The smallest absolute Gasteiger partial charge is 0.269 e. The van der Waals surface area contributed by atoms with Gasteiger partial charge < -0.3 is 19.4 Å². The van der Waals surface area contributed by atoms with Gasteiger partial charge in [0, 0.05) is 29.8 Å². The molecule has 24 heavy (non-hydrogen) atoms. The van der Waals surface area contributed by atoms with E-state index in [2.05, 4.69) is 0 Å². The van der Waals surface area contributed by atoms with E-state index in [4.69, 9.17) is 9.15 Å². The molecule has 0 radical (unpaired) electrons. The summed E-state index contributed by atoms with van der Waals surface area (Å²) in [5.74, 6) is -0.831. The number of nitrogens with zero attached hydrogens (tertiary/aromatic N) is 1. The maximum Gasteiger partial charge on any atom is 0.269 e. The fourth-order valence-electron chi connectivity index (χ4n) is 2.38. The van der Waals surface area contributed by atoms with Crippen LogP contribution in [0.2, 0.25) is 0 Å². The van der Waals surface area contributed by atoms with Gasteiger partial charge in [0.05, 0.1) is 12.0 Å². The summed E-state index contributed by atoms with van der Waals surface area (Å²) >= 11 is 0. The molecule has 0 spiro atoms. The molecule has 2 aromatic carbocycles. The largest absolute Gasteiger partial charge is 0.508 e. The lowest BCUT2D eigenvalue weighted by atomic mass is 10.1. The maximum absolute atomic E-state index is 12.5. The van der Waals surface area contributed by atoms with Crippen LogP contribution in [0.3, 0.4) is 0 Å². The van der Waals surface area contributed by atoms with Gasteiger partial charge in [-0.1, -0.05) is 0 Å². The normalized spacial score (nSPS) is 10.7. The second-order valence-corrected chi connectivity index (χ2v) is 4.94. The van der Waals surface area contributed by atoms with Crippen LogP contribution in [0.4, 0.5) is 5.69 Å². The molecule has 3 aromatic rings. The zero-order chi connectivity index (χ0) is 17.4. The number of non-ortho nitro benzene ring substituents is 1. The SMILES string of the molecule is COc1c(-c2ccc([N+](=O)[O-])cc2)oc2cc(O)cc(O)c2c1=O. The highest BCUT2D eigenvalue weighted by Gasteiger charge is 2.20. The summed E-state index contributed by atoms with van der Waals surface area (Å²) in [6.45, 7) is 0. The number of benzene rings is 2. The van der Waals surface area contributed by atoms with Crippen molar-refractivity contribution in [2.24, 2.45) is 0 Å². The van der Waals surface area contributed by atoms with Crippen molar-refractivity contribution in [2.75, 3.05) is 7.11 Å². The highest BCUT2D eigenvalue weighted by molar-refractivity contribution is 5.88. The predicted molar refractivity (Wildman–Crippen MR) is 84.5 cm³/mol. The highest BCUT2D eigenvalue weighted by atomic mass is 16.6. The maximum atomic E-state index is 12.5. The monoisotopic (exact) mass is 329 g/mol. The predicted octanol–water partition coefficient (Wildman–Crippen LogP) is 2.79. The van der Waals surface area contributed by atoms with Gasteiger partial charge in [0.25, 0.3) is 5.69 Å². The minimum atomic E-state index is -0.621. The van der Waals surface area contributed by atoms with Crippen molar-refractivity contribution >= 4 is 16.7 Å². The molecular formula is C16H11NO7.